The van der Waals surface area contributed by atoms with Crippen molar-refractivity contribution >= 4 is 5.91 Å². The Hall–Kier alpha value is -0.570. The van der Waals surface area contributed by atoms with E-state index in [1.54, 1.807) is 0 Å². The van der Waals surface area contributed by atoms with Crippen LogP contribution in [0.15, 0.2) is 0 Å². The Morgan fingerprint density at radius 3 is 2.15 bits per heavy atom. The topological polar surface area (TPSA) is 32.3 Å². The van der Waals surface area contributed by atoms with Crippen LogP contribution in [0.4, 0.5) is 0 Å². The summed E-state index contributed by atoms with van der Waals surface area (Å²) in [6.07, 6.45) is 13.5. The maximum Gasteiger partial charge on any atom is 0.222 e. The number of hydrogen-bond acceptors (Lipinski definition) is 2. The molecule has 2 fully saturated rings. The Morgan fingerprint density at radius 2 is 1.60 bits per heavy atom. The largest absolute Gasteiger partial charge is 0.343 e. The van der Waals surface area contributed by atoms with Crippen molar-refractivity contribution in [1.82, 2.24) is 10.2 Å². The normalized spacial score (nSPS) is 28.9. The minimum absolute atomic E-state index is 0.393. The highest BCUT2D eigenvalue weighted by atomic mass is 16.2. The van der Waals surface area contributed by atoms with Gasteiger partial charge < -0.3 is 10.2 Å². The molecule has 0 heterocycles. The Bertz CT molecular complexity index is 289. The molecule has 2 aliphatic rings. The molecule has 0 saturated heterocycles. The Kier molecular flexibility index (Phi) is 6.34. The molecule has 0 radical (unpaired) electrons. The van der Waals surface area contributed by atoms with Gasteiger partial charge in [0.15, 0.2) is 0 Å². The molecule has 0 spiro atoms. The fourth-order valence-corrected chi connectivity index (χ4v) is 3.91. The maximum absolute atomic E-state index is 12.5. The lowest BCUT2D eigenvalue weighted by atomic mass is 9.89. The standard InChI is InChI=1S/C17H32N2O/c1-18-15-9-11-16(12-10-15)19(2)17(20)13-14-7-5-3-4-6-8-14/h14-16,18H,3-13H2,1-2H3. The van der Waals surface area contributed by atoms with Crippen molar-refractivity contribution in [2.24, 2.45) is 5.92 Å². The first-order valence-corrected chi connectivity index (χ1v) is 8.63. The molecule has 0 unspecified atom stereocenters. The molecular formula is C17H32N2O. The van der Waals surface area contributed by atoms with Crippen LogP contribution in [0.3, 0.4) is 0 Å². The van der Waals surface area contributed by atoms with Crippen molar-refractivity contribution in [2.75, 3.05) is 14.1 Å². The number of rotatable bonds is 4. The van der Waals surface area contributed by atoms with Crippen LogP contribution in [0.5, 0.6) is 0 Å². The van der Waals surface area contributed by atoms with E-state index < -0.39 is 0 Å². The van der Waals surface area contributed by atoms with Gasteiger partial charge in [0.05, 0.1) is 0 Å². The second-order valence-corrected chi connectivity index (χ2v) is 6.86. The minimum atomic E-state index is 0.393. The third kappa shape index (κ3) is 4.47. The molecule has 2 rings (SSSR count). The molecular weight excluding hydrogens is 248 g/mol. The van der Waals surface area contributed by atoms with Crippen LogP contribution in [0.1, 0.15) is 70.6 Å². The van der Waals surface area contributed by atoms with Gasteiger partial charge in [-0.15, -0.1) is 0 Å². The summed E-state index contributed by atoms with van der Waals surface area (Å²) in [4.78, 5) is 14.6. The molecule has 3 nitrogen and oxygen atoms in total. The second-order valence-electron chi connectivity index (χ2n) is 6.86. The van der Waals surface area contributed by atoms with E-state index in [2.05, 4.69) is 10.2 Å². The highest BCUT2D eigenvalue weighted by molar-refractivity contribution is 5.76. The molecule has 0 aromatic heterocycles. The second kappa shape index (κ2) is 8.02. The summed E-state index contributed by atoms with van der Waals surface area (Å²) in [6, 6.07) is 1.15. The molecule has 0 aromatic rings. The number of carbonyl (C=O) groups is 1. The van der Waals surface area contributed by atoms with Gasteiger partial charge in [-0.05, 0) is 51.5 Å². The van der Waals surface area contributed by atoms with E-state index in [0.717, 1.165) is 6.42 Å². The van der Waals surface area contributed by atoms with Gasteiger partial charge >= 0.3 is 0 Å². The molecule has 0 aliphatic heterocycles. The van der Waals surface area contributed by atoms with Crippen LogP contribution in [-0.4, -0.2) is 37.0 Å². The van der Waals surface area contributed by atoms with Crippen molar-refractivity contribution in [2.45, 2.75) is 82.7 Å². The van der Waals surface area contributed by atoms with Crippen molar-refractivity contribution in [3.8, 4) is 0 Å². The van der Waals surface area contributed by atoms with E-state index in [1.807, 2.05) is 14.1 Å². The summed E-state index contributed by atoms with van der Waals surface area (Å²) in [7, 11) is 4.08. The highest BCUT2D eigenvalue weighted by Gasteiger charge is 2.27. The summed E-state index contributed by atoms with van der Waals surface area (Å²) < 4.78 is 0. The fourth-order valence-electron chi connectivity index (χ4n) is 3.91. The van der Waals surface area contributed by atoms with E-state index in [1.165, 1.54) is 64.2 Å². The molecule has 0 atom stereocenters. The van der Waals surface area contributed by atoms with E-state index in [4.69, 9.17) is 0 Å². The van der Waals surface area contributed by atoms with Crippen molar-refractivity contribution in [1.29, 1.82) is 0 Å². The number of carbonyl (C=O) groups excluding carboxylic acids is 1. The average Bonchev–Trinajstić information content (AvgIpc) is 2.75. The first-order chi connectivity index (χ1) is 9.70. The van der Waals surface area contributed by atoms with Crippen LogP contribution < -0.4 is 5.32 Å². The zero-order valence-electron chi connectivity index (χ0n) is 13.4. The molecule has 1 amide bonds. The van der Waals surface area contributed by atoms with Gasteiger partial charge in [-0.3, -0.25) is 4.79 Å². The number of amides is 1. The number of nitrogens with zero attached hydrogens (tertiary/aromatic N) is 1. The van der Waals surface area contributed by atoms with E-state index in [-0.39, 0.29) is 0 Å². The van der Waals surface area contributed by atoms with E-state index >= 15 is 0 Å². The predicted molar refractivity (Wildman–Crippen MR) is 83.7 cm³/mol. The fraction of sp³-hybridized carbons (Fsp3) is 0.941. The Morgan fingerprint density at radius 1 is 1.00 bits per heavy atom. The van der Waals surface area contributed by atoms with Crippen molar-refractivity contribution in [3.05, 3.63) is 0 Å². The van der Waals surface area contributed by atoms with E-state index in [9.17, 15) is 4.79 Å². The van der Waals surface area contributed by atoms with Crippen LogP contribution in [0.2, 0.25) is 0 Å². The van der Waals surface area contributed by atoms with Gasteiger partial charge in [0.2, 0.25) is 5.91 Å². The molecule has 2 saturated carbocycles. The molecule has 3 heteroatoms. The Balaban J connectivity index is 1.76. The summed E-state index contributed by atoms with van der Waals surface area (Å²) >= 11 is 0. The predicted octanol–water partition coefficient (Wildman–Crippen LogP) is 3.34. The SMILES string of the molecule is CNC1CCC(N(C)C(=O)CC2CCCCCC2)CC1. The smallest absolute Gasteiger partial charge is 0.222 e. The third-order valence-corrected chi connectivity index (χ3v) is 5.48. The summed E-state index contributed by atoms with van der Waals surface area (Å²) in [5.41, 5.74) is 0. The lowest BCUT2D eigenvalue weighted by Crippen LogP contribution is -2.43. The summed E-state index contributed by atoms with van der Waals surface area (Å²) in [5, 5.41) is 3.36. The van der Waals surface area contributed by atoms with Gasteiger partial charge in [-0.25, -0.2) is 0 Å². The van der Waals surface area contributed by atoms with Gasteiger partial charge in [0, 0.05) is 25.6 Å². The molecule has 20 heavy (non-hydrogen) atoms. The lowest BCUT2D eigenvalue weighted by Gasteiger charge is -2.35. The first-order valence-electron chi connectivity index (χ1n) is 8.63. The molecule has 1 N–H and O–H groups in total. The highest BCUT2D eigenvalue weighted by Crippen LogP contribution is 2.28. The minimum Gasteiger partial charge on any atom is -0.343 e. The van der Waals surface area contributed by atoms with E-state index in [0.29, 0.717) is 23.9 Å². The zero-order valence-corrected chi connectivity index (χ0v) is 13.4. The van der Waals surface area contributed by atoms with Crippen molar-refractivity contribution < 1.29 is 4.79 Å². The zero-order chi connectivity index (χ0) is 14.4. The molecule has 0 bridgehead atoms. The lowest BCUT2D eigenvalue weighted by molar-refractivity contribution is -0.133. The van der Waals surface area contributed by atoms with Gasteiger partial charge in [-0.2, -0.15) is 0 Å². The Labute approximate surface area is 124 Å². The van der Waals surface area contributed by atoms with Gasteiger partial charge in [0.25, 0.3) is 0 Å². The van der Waals surface area contributed by atoms with Gasteiger partial charge in [0.1, 0.15) is 0 Å². The average molecular weight is 280 g/mol. The van der Waals surface area contributed by atoms with Crippen LogP contribution in [-0.2, 0) is 4.79 Å². The maximum atomic E-state index is 12.5. The first kappa shape index (κ1) is 15.8. The molecule has 0 aromatic carbocycles. The third-order valence-electron chi connectivity index (χ3n) is 5.48. The van der Waals surface area contributed by atoms with Crippen LogP contribution in [0, 0.1) is 5.92 Å². The van der Waals surface area contributed by atoms with Gasteiger partial charge in [-0.1, -0.05) is 25.7 Å². The summed E-state index contributed by atoms with van der Waals surface area (Å²) in [5.74, 6) is 1.05. The van der Waals surface area contributed by atoms with Crippen molar-refractivity contribution in [3.63, 3.8) is 0 Å². The molecule has 2 aliphatic carbocycles. The molecule has 116 valence electrons. The summed E-state index contributed by atoms with van der Waals surface area (Å²) in [6.45, 7) is 0. The monoisotopic (exact) mass is 280 g/mol. The van der Waals surface area contributed by atoms with Crippen LogP contribution in [0.25, 0.3) is 0 Å². The number of hydrogen-bond donors (Lipinski definition) is 1. The number of nitrogens with one attached hydrogen (secondary N) is 1. The van der Waals surface area contributed by atoms with Crippen LogP contribution >= 0.6 is 0 Å². The quantitative estimate of drug-likeness (QED) is 0.801.